The molecule has 0 aliphatic heterocycles. The van der Waals surface area contributed by atoms with E-state index in [2.05, 4.69) is 6.58 Å². The maximum absolute atomic E-state index is 12.3. The van der Waals surface area contributed by atoms with Gasteiger partial charge >= 0.3 is 5.97 Å². The molecular formula is C24H34O5. The molecule has 2 rings (SSSR count). The number of aldehydes is 1. The van der Waals surface area contributed by atoms with Crippen LogP contribution in [0.25, 0.3) is 0 Å². The van der Waals surface area contributed by atoms with Crippen molar-refractivity contribution < 1.29 is 23.8 Å². The van der Waals surface area contributed by atoms with Crippen LogP contribution in [0.4, 0.5) is 0 Å². The van der Waals surface area contributed by atoms with Gasteiger partial charge in [-0.05, 0) is 76.1 Å². The van der Waals surface area contributed by atoms with E-state index in [1.54, 1.807) is 18.2 Å². The van der Waals surface area contributed by atoms with E-state index < -0.39 is 0 Å². The van der Waals surface area contributed by atoms with E-state index >= 15 is 0 Å². The number of ether oxygens (including phenoxy) is 3. The van der Waals surface area contributed by atoms with E-state index in [0.29, 0.717) is 12.4 Å². The molecule has 5 nitrogen and oxygen atoms in total. The second-order valence-corrected chi connectivity index (χ2v) is 7.71. The molecule has 1 atom stereocenters. The van der Waals surface area contributed by atoms with E-state index in [0.717, 1.165) is 70.0 Å². The van der Waals surface area contributed by atoms with Gasteiger partial charge in [0.25, 0.3) is 0 Å². The van der Waals surface area contributed by atoms with Gasteiger partial charge in [-0.1, -0.05) is 12.5 Å². The summed E-state index contributed by atoms with van der Waals surface area (Å²) in [6, 6.07) is 7.19. The summed E-state index contributed by atoms with van der Waals surface area (Å²) in [5, 5.41) is 0. The fourth-order valence-electron chi connectivity index (χ4n) is 3.38. The standard InChI is InChI=1S/C24H34O5/c1-3-19(2)27-16-6-4-5-7-17-28-22-12-14-23(15-13-22)29-24(26)21-10-8-20(18-25)9-11-21/h3,12-15,18-21H,1,4-11,16-17H2,2H3. The van der Waals surface area contributed by atoms with Crippen molar-refractivity contribution >= 4 is 12.3 Å². The molecular weight excluding hydrogens is 368 g/mol. The third-order valence-corrected chi connectivity index (χ3v) is 5.36. The molecule has 1 aromatic rings. The summed E-state index contributed by atoms with van der Waals surface area (Å²) in [7, 11) is 0. The van der Waals surface area contributed by atoms with Crippen LogP contribution in [-0.4, -0.2) is 31.6 Å². The largest absolute Gasteiger partial charge is 0.494 e. The van der Waals surface area contributed by atoms with Gasteiger partial charge in [-0.25, -0.2) is 0 Å². The highest BCUT2D eigenvalue weighted by atomic mass is 16.5. The van der Waals surface area contributed by atoms with Crippen LogP contribution in [-0.2, 0) is 14.3 Å². The minimum absolute atomic E-state index is 0.102. The zero-order chi connectivity index (χ0) is 20.9. The van der Waals surface area contributed by atoms with Crippen LogP contribution in [0, 0.1) is 11.8 Å². The van der Waals surface area contributed by atoms with Crippen LogP contribution in [0.5, 0.6) is 11.5 Å². The van der Waals surface area contributed by atoms with Gasteiger partial charge in [-0.15, -0.1) is 6.58 Å². The van der Waals surface area contributed by atoms with Crippen molar-refractivity contribution in [3.05, 3.63) is 36.9 Å². The van der Waals surface area contributed by atoms with Crippen molar-refractivity contribution in [2.45, 2.75) is 64.4 Å². The Morgan fingerprint density at radius 3 is 2.28 bits per heavy atom. The van der Waals surface area contributed by atoms with Crippen molar-refractivity contribution in [3.8, 4) is 11.5 Å². The van der Waals surface area contributed by atoms with Crippen LogP contribution >= 0.6 is 0 Å². The number of carbonyl (C=O) groups excluding carboxylic acids is 2. The minimum Gasteiger partial charge on any atom is -0.494 e. The summed E-state index contributed by atoms with van der Waals surface area (Å²) in [4.78, 5) is 23.1. The summed E-state index contributed by atoms with van der Waals surface area (Å²) in [5.74, 6) is 1.11. The third-order valence-electron chi connectivity index (χ3n) is 5.36. The highest BCUT2D eigenvalue weighted by Crippen LogP contribution is 2.29. The number of hydrogen-bond acceptors (Lipinski definition) is 5. The molecule has 1 unspecified atom stereocenters. The Balaban J connectivity index is 1.58. The first-order chi connectivity index (χ1) is 14.1. The predicted octanol–water partition coefficient (Wildman–Crippen LogP) is 5.13. The molecule has 160 valence electrons. The number of carbonyl (C=O) groups is 2. The first-order valence-corrected chi connectivity index (χ1v) is 10.8. The molecule has 0 N–H and O–H groups in total. The molecule has 0 spiro atoms. The summed E-state index contributed by atoms with van der Waals surface area (Å²) in [6.07, 6.45) is 10.2. The number of esters is 1. The fraction of sp³-hybridized carbons (Fsp3) is 0.583. The van der Waals surface area contributed by atoms with E-state index in [1.807, 2.05) is 19.1 Å². The lowest BCUT2D eigenvalue weighted by atomic mass is 9.83. The van der Waals surface area contributed by atoms with Gasteiger partial charge in [0.05, 0.1) is 18.6 Å². The minimum atomic E-state index is -0.200. The molecule has 0 heterocycles. The van der Waals surface area contributed by atoms with Crippen molar-refractivity contribution in [1.82, 2.24) is 0 Å². The quantitative estimate of drug-likeness (QED) is 0.151. The van der Waals surface area contributed by atoms with E-state index in [9.17, 15) is 9.59 Å². The molecule has 0 amide bonds. The highest BCUT2D eigenvalue weighted by molar-refractivity contribution is 5.75. The van der Waals surface area contributed by atoms with Crippen LogP contribution in [0.1, 0.15) is 58.3 Å². The van der Waals surface area contributed by atoms with Crippen LogP contribution in [0.2, 0.25) is 0 Å². The first kappa shape index (κ1) is 23.1. The van der Waals surface area contributed by atoms with Gasteiger partial charge in [0, 0.05) is 12.5 Å². The fourth-order valence-corrected chi connectivity index (χ4v) is 3.38. The van der Waals surface area contributed by atoms with E-state index in [4.69, 9.17) is 14.2 Å². The Bertz CT molecular complexity index is 617. The molecule has 1 aliphatic rings. The van der Waals surface area contributed by atoms with Gasteiger partial charge in [0.1, 0.15) is 17.8 Å². The number of rotatable bonds is 13. The lowest BCUT2D eigenvalue weighted by molar-refractivity contribution is -0.140. The van der Waals surface area contributed by atoms with Crippen molar-refractivity contribution in [1.29, 1.82) is 0 Å². The average molecular weight is 403 g/mol. The normalized spacial score (nSPS) is 19.9. The predicted molar refractivity (Wildman–Crippen MR) is 113 cm³/mol. The maximum Gasteiger partial charge on any atom is 0.314 e. The van der Waals surface area contributed by atoms with Gasteiger partial charge in [-0.2, -0.15) is 0 Å². The molecule has 0 radical (unpaired) electrons. The third kappa shape index (κ3) is 8.82. The number of hydrogen-bond donors (Lipinski definition) is 0. The smallest absolute Gasteiger partial charge is 0.314 e. The summed E-state index contributed by atoms with van der Waals surface area (Å²) in [6.45, 7) is 7.13. The van der Waals surface area contributed by atoms with E-state index in [-0.39, 0.29) is 23.9 Å². The van der Waals surface area contributed by atoms with Crippen molar-refractivity contribution in [3.63, 3.8) is 0 Å². The second kappa shape index (κ2) is 13.2. The Labute approximate surface area is 174 Å². The number of benzene rings is 1. The molecule has 1 fully saturated rings. The van der Waals surface area contributed by atoms with Crippen LogP contribution in [0.3, 0.4) is 0 Å². The summed E-state index contributed by atoms with van der Waals surface area (Å²) in [5.41, 5.74) is 0. The summed E-state index contributed by atoms with van der Waals surface area (Å²) < 4.78 is 16.8. The maximum atomic E-state index is 12.3. The molecule has 1 aliphatic carbocycles. The monoisotopic (exact) mass is 402 g/mol. The molecule has 1 aromatic carbocycles. The number of unbranched alkanes of at least 4 members (excludes halogenated alkanes) is 3. The zero-order valence-corrected chi connectivity index (χ0v) is 17.5. The average Bonchev–Trinajstić information content (AvgIpc) is 2.76. The van der Waals surface area contributed by atoms with Gasteiger partial charge < -0.3 is 19.0 Å². The molecule has 29 heavy (non-hydrogen) atoms. The molecule has 0 aromatic heterocycles. The Morgan fingerprint density at radius 2 is 1.66 bits per heavy atom. The Kier molecular flexibility index (Phi) is 10.5. The van der Waals surface area contributed by atoms with Gasteiger partial charge in [0.2, 0.25) is 0 Å². The van der Waals surface area contributed by atoms with Crippen LogP contribution < -0.4 is 9.47 Å². The lowest BCUT2D eigenvalue weighted by Gasteiger charge is -2.23. The van der Waals surface area contributed by atoms with Crippen LogP contribution in [0.15, 0.2) is 36.9 Å². The highest BCUT2D eigenvalue weighted by Gasteiger charge is 2.27. The Hall–Kier alpha value is -2.14. The zero-order valence-electron chi connectivity index (χ0n) is 17.5. The molecule has 1 saturated carbocycles. The molecule has 0 bridgehead atoms. The second-order valence-electron chi connectivity index (χ2n) is 7.71. The summed E-state index contributed by atoms with van der Waals surface area (Å²) >= 11 is 0. The molecule has 5 heteroatoms. The Morgan fingerprint density at radius 1 is 1.03 bits per heavy atom. The van der Waals surface area contributed by atoms with E-state index in [1.165, 1.54) is 0 Å². The van der Waals surface area contributed by atoms with Crippen molar-refractivity contribution in [2.24, 2.45) is 11.8 Å². The lowest BCUT2D eigenvalue weighted by Crippen LogP contribution is -2.26. The van der Waals surface area contributed by atoms with Gasteiger partial charge in [0.15, 0.2) is 0 Å². The molecule has 0 saturated heterocycles. The van der Waals surface area contributed by atoms with Crippen molar-refractivity contribution in [2.75, 3.05) is 13.2 Å². The SMILES string of the molecule is C=CC(C)OCCCCCCOc1ccc(OC(=O)C2CCC(C=O)CC2)cc1. The van der Waals surface area contributed by atoms with Gasteiger partial charge in [-0.3, -0.25) is 4.79 Å². The topological polar surface area (TPSA) is 61.8 Å². The first-order valence-electron chi connectivity index (χ1n) is 10.8.